The van der Waals surface area contributed by atoms with Gasteiger partial charge in [-0.2, -0.15) is 5.10 Å². The minimum Gasteiger partial charge on any atom is -0.322 e. The van der Waals surface area contributed by atoms with Crippen LogP contribution in [0.1, 0.15) is 17.2 Å². The maximum atomic E-state index is 12.0. The van der Waals surface area contributed by atoms with E-state index in [1.807, 2.05) is 39.4 Å². The Kier molecular flexibility index (Phi) is 4.12. The molecule has 1 N–H and O–H groups in total. The number of nitrogens with one attached hydrogen (secondary N) is 1. The summed E-state index contributed by atoms with van der Waals surface area (Å²) in [4.78, 5) is 12.0. The predicted molar refractivity (Wildman–Crippen MR) is 77.8 cm³/mol. The number of hydrogen-bond donors (Lipinski definition) is 1. The zero-order valence-electron chi connectivity index (χ0n) is 12.3. The standard InChI is InChI=1S/C12H18N6OS/c1-7-11(8(2)18(5)16-7)13-10(19)6-20-12-15-14-9(3)17(12)4/h6H2,1-5H3,(H,13,19). The summed E-state index contributed by atoms with van der Waals surface area (Å²) in [5.41, 5.74) is 2.54. The highest BCUT2D eigenvalue weighted by Crippen LogP contribution is 2.20. The van der Waals surface area contributed by atoms with Crippen molar-refractivity contribution >= 4 is 23.4 Å². The molecule has 0 fully saturated rings. The molecule has 0 bridgehead atoms. The Labute approximate surface area is 121 Å². The molecule has 8 heteroatoms. The second-order valence-electron chi connectivity index (χ2n) is 4.60. The average Bonchev–Trinajstić information content (AvgIpc) is 2.83. The molecule has 0 radical (unpaired) electrons. The second-order valence-corrected chi connectivity index (χ2v) is 5.54. The van der Waals surface area contributed by atoms with Gasteiger partial charge in [-0.25, -0.2) is 0 Å². The number of amides is 1. The van der Waals surface area contributed by atoms with Crippen LogP contribution in [0.5, 0.6) is 0 Å². The number of nitrogens with zero attached hydrogens (tertiary/aromatic N) is 5. The van der Waals surface area contributed by atoms with Crippen LogP contribution in [-0.4, -0.2) is 36.2 Å². The van der Waals surface area contributed by atoms with Gasteiger partial charge in [-0.3, -0.25) is 9.48 Å². The lowest BCUT2D eigenvalue weighted by Crippen LogP contribution is -2.15. The largest absolute Gasteiger partial charge is 0.322 e. The van der Waals surface area contributed by atoms with E-state index in [1.165, 1.54) is 11.8 Å². The van der Waals surface area contributed by atoms with Crippen LogP contribution in [0.25, 0.3) is 0 Å². The van der Waals surface area contributed by atoms with Crippen molar-refractivity contribution in [2.24, 2.45) is 14.1 Å². The van der Waals surface area contributed by atoms with Crippen molar-refractivity contribution in [2.45, 2.75) is 25.9 Å². The number of carbonyl (C=O) groups excluding carboxylic acids is 1. The second kappa shape index (κ2) is 5.66. The molecule has 0 aliphatic carbocycles. The Morgan fingerprint density at radius 1 is 1.25 bits per heavy atom. The maximum absolute atomic E-state index is 12.0. The number of rotatable bonds is 4. The lowest BCUT2D eigenvalue weighted by atomic mass is 10.3. The molecular weight excluding hydrogens is 276 g/mol. The van der Waals surface area contributed by atoms with Crippen LogP contribution in [-0.2, 0) is 18.9 Å². The van der Waals surface area contributed by atoms with E-state index in [9.17, 15) is 4.79 Å². The van der Waals surface area contributed by atoms with Gasteiger partial charge in [-0.1, -0.05) is 11.8 Å². The summed E-state index contributed by atoms with van der Waals surface area (Å²) in [6, 6.07) is 0. The average molecular weight is 294 g/mol. The number of carbonyl (C=O) groups is 1. The third kappa shape index (κ3) is 2.84. The first-order valence-corrected chi connectivity index (χ1v) is 7.17. The summed E-state index contributed by atoms with van der Waals surface area (Å²) in [5, 5.41) is 15.9. The SMILES string of the molecule is Cc1nn(C)c(C)c1NC(=O)CSc1nnc(C)n1C. The summed E-state index contributed by atoms with van der Waals surface area (Å²) >= 11 is 1.36. The Hall–Kier alpha value is -1.83. The van der Waals surface area contributed by atoms with E-state index in [1.54, 1.807) is 4.68 Å². The van der Waals surface area contributed by atoms with Gasteiger partial charge in [0.05, 0.1) is 22.8 Å². The molecule has 0 saturated carbocycles. The van der Waals surface area contributed by atoms with Crippen LogP contribution in [0, 0.1) is 20.8 Å². The van der Waals surface area contributed by atoms with Crippen molar-refractivity contribution < 1.29 is 4.79 Å². The number of anilines is 1. The molecule has 0 aliphatic rings. The molecule has 2 aromatic heterocycles. The van der Waals surface area contributed by atoms with E-state index in [0.717, 1.165) is 28.1 Å². The van der Waals surface area contributed by atoms with Gasteiger partial charge in [0.1, 0.15) is 5.82 Å². The van der Waals surface area contributed by atoms with Gasteiger partial charge in [0, 0.05) is 14.1 Å². The number of aromatic nitrogens is 5. The fourth-order valence-corrected chi connectivity index (χ4v) is 2.53. The van der Waals surface area contributed by atoms with Gasteiger partial charge in [0.2, 0.25) is 5.91 Å². The Bertz CT molecular complexity index is 645. The molecule has 0 saturated heterocycles. The lowest BCUT2D eigenvalue weighted by molar-refractivity contribution is -0.113. The first-order chi connectivity index (χ1) is 9.40. The summed E-state index contributed by atoms with van der Waals surface area (Å²) in [5.74, 6) is 1.04. The van der Waals surface area contributed by atoms with Crippen LogP contribution in [0.3, 0.4) is 0 Å². The first kappa shape index (κ1) is 14.6. The van der Waals surface area contributed by atoms with Crippen molar-refractivity contribution in [3.05, 3.63) is 17.2 Å². The van der Waals surface area contributed by atoms with E-state index in [2.05, 4.69) is 20.6 Å². The predicted octanol–water partition coefficient (Wildman–Crippen LogP) is 1.20. The summed E-state index contributed by atoms with van der Waals surface area (Å²) in [6.07, 6.45) is 0. The molecule has 2 rings (SSSR count). The third-order valence-electron chi connectivity index (χ3n) is 3.16. The molecule has 1 amide bonds. The molecule has 0 atom stereocenters. The minimum absolute atomic E-state index is 0.0742. The van der Waals surface area contributed by atoms with Gasteiger partial charge in [0.25, 0.3) is 0 Å². The van der Waals surface area contributed by atoms with Crippen LogP contribution < -0.4 is 5.32 Å². The van der Waals surface area contributed by atoms with Crippen LogP contribution >= 0.6 is 11.8 Å². The quantitative estimate of drug-likeness (QED) is 0.857. The zero-order valence-corrected chi connectivity index (χ0v) is 13.1. The summed E-state index contributed by atoms with van der Waals surface area (Å²) in [6.45, 7) is 5.68. The fraction of sp³-hybridized carbons (Fsp3) is 0.500. The minimum atomic E-state index is -0.0742. The Balaban J connectivity index is 1.98. The molecule has 0 spiro atoms. The normalized spacial score (nSPS) is 10.8. The Morgan fingerprint density at radius 2 is 1.95 bits per heavy atom. The molecule has 20 heavy (non-hydrogen) atoms. The highest BCUT2D eigenvalue weighted by molar-refractivity contribution is 7.99. The van der Waals surface area contributed by atoms with Crippen molar-refractivity contribution in [3.8, 4) is 0 Å². The van der Waals surface area contributed by atoms with Gasteiger partial charge >= 0.3 is 0 Å². The van der Waals surface area contributed by atoms with E-state index >= 15 is 0 Å². The smallest absolute Gasteiger partial charge is 0.234 e. The lowest BCUT2D eigenvalue weighted by Gasteiger charge is -2.05. The van der Waals surface area contributed by atoms with Crippen LogP contribution in [0.4, 0.5) is 5.69 Å². The first-order valence-electron chi connectivity index (χ1n) is 6.19. The van der Waals surface area contributed by atoms with Crippen molar-refractivity contribution in [2.75, 3.05) is 11.1 Å². The van der Waals surface area contributed by atoms with Gasteiger partial charge in [-0.05, 0) is 20.8 Å². The van der Waals surface area contributed by atoms with E-state index in [-0.39, 0.29) is 5.91 Å². The molecule has 2 aromatic rings. The van der Waals surface area contributed by atoms with Crippen LogP contribution in [0.2, 0.25) is 0 Å². The molecule has 0 unspecified atom stereocenters. The topological polar surface area (TPSA) is 77.6 Å². The van der Waals surface area contributed by atoms with Crippen LogP contribution in [0.15, 0.2) is 5.16 Å². The summed E-state index contributed by atoms with van der Waals surface area (Å²) in [7, 11) is 3.74. The summed E-state index contributed by atoms with van der Waals surface area (Å²) < 4.78 is 3.61. The monoisotopic (exact) mass is 294 g/mol. The molecule has 108 valence electrons. The maximum Gasteiger partial charge on any atom is 0.234 e. The molecule has 0 aromatic carbocycles. The van der Waals surface area contributed by atoms with E-state index < -0.39 is 0 Å². The zero-order chi connectivity index (χ0) is 14.9. The van der Waals surface area contributed by atoms with Crippen molar-refractivity contribution in [3.63, 3.8) is 0 Å². The fourth-order valence-electron chi connectivity index (χ4n) is 1.77. The van der Waals surface area contributed by atoms with Crippen molar-refractivity contribution in [1.29, 1.82) is 0 Å². The van der Waals surface area contributed by atoms with Gasteiger partial charge in [-0.15, -0.1) is 10.2 Å². The molecule has 7 nitrogen and oxygen atoms in total. The number of thioether (sulfide) groups is 1. The van der Waals surface area contributed by atoms with E-state index in [4.69, 9.17) is 0 Å². The number of aryl methyl sites for hydroxylation is 3. The number of hydrogen-bond acceptors (Lipinski definition) is 5. The Morgan fingerprint density at radius 3 is 2.45 bits per heavy atom. The highest BCUT2D eigenvalue weighted by atomic mass is 32.2. The third-order valence-corrected chi connectivity index (χ3v) is 4.18. The van der Waals surface area contributed by atoms with E-state index in [0.29, 0.717) is 5.75 Å². The van der Waals surface area contributed by atoms with Gasteiger partial charge < -0.3 is 9.88 Å². The highest BCUT2D eigenvalue weighted by Gasteiger charge is 2.14. The molecule has 0 aliphatic heterocycles. The van der Waals surface area contributed by atoms with Gasteiger partial charge in [0.15, 0.2) is 5.16 Å². The van der Waals surface area contributed by atoms with Crippen molar-refractivity contribution in [1.82, 2.24) is 24.5 Å². The molecule has 2 heterocycles. The molecular formula is C12H18N6OS.